The second-order valence-corrected chi connectivity index (χ2v) is 4.39. The second-order valence-electron chi connectivity index (χ2n) is 4.39. The van der Waals surface area contributed by atoms with Crippen LogP contribution in [0.1, 0.15) is 39.3 Å². The van der Waals surface area contributed by atoms with Gasteiger partial charge in [0.2, 0.25) is 0 Å². The minimum absolute atomic E-state index is 0.565. The summed E-state index contributed by atoms with van der Waals surface area (Å²) in [4.78, 5) is 4.46. The maximum absolute atomic E-state index is 4.46. The minimum Gasteiger partial charge on any atom is -0.367 e. The highest BCUT2D eigenvalue weighted by Crippen LogP contribution is 2.14. The van der Waals surface area contributed by atoms with Crippen LogP contribution in [0, 0.1) is 6.92 Å². The third-order valence-electron chi connectivity index (χ3n) is 2.86. The summed E-state index contributed by atoms with van der Waals surface area (Å²) in [7, 11) is 0. The van der Waals surface area contributed by atoms with Gasteiger partial charge in [-0.1, -0.05) is 19.9 Å². The van der Waals surface area contributed by atoms with Crippen LogP contribution in [0.25, 0.3) is 0 Å². The van der Waals surface area contributed by atoms with Crippen molar-refractivity contribution in [1.82, 2.24) is 10.3 Å². The summed E-state index contributed by atoms with van der Waals surface area (Å²) in [6.07, 6.45) is 2.36. The molecular weight excluding hydrogens is 210 g/mol. The number of hydrogen-bond acceptors (Lipinski definition) is 3. The van der Waals surface area contributed by atoms with Crippen molar-refractivity contribution in [3.8, 4) is 0 Å². The minimum atomic E-state index is 0.565. The van der Waals surface area contributed by atoms with E-state index in [9.17, 15) is 0 Å². The van der Waals surface area contributed by atoms with Gasteiger partial charge in [-0.3, -0.25) is 0 Å². The van der Waals surface area contributed by atoms with Crippen LogP contribution in [0.3, 0.4) is 0 Å². The molecule has 2 unspecified atom stereocenters. The molecule has 1 aromatic rings. The summed E-state index contributed by atoms with van der Waals surface area (Å²) in [5.41, 5.74) is 1.07. The summed E-state index contributed by atoms with van der Waals surface area (Å²) in [5.74, 6) is 1.01. The van der Waals surface area contributed by atoms with E-state index >= 15 is 0 Å². The highest BCUT2D eigenvalue weighted by Gasteiger charge is 2.17. The molecule has 1 saturated heterocycles. The lowest BCUT2D eigenvalue weighted by Gasteiger charge is -2.29. The van der Waals surface area contributed by atoms with Crippen LogP contribution in [0.5, 0.6) is 0 Å². The summed E-state index contributed by atoms with van der Waals surface area (Å²) in [6, 6.07) is 7.29. The normalized spacial score (nSPS) is 23.5. The van der Waals surface area contributed by atoms with Crippen LogP contribution in [-0.2, 0) is 0 Å². The number of nitrogens with zero attached hydrogens (tertiary/aromatic N) is 1. The number of aromatic nitrogens is 1. The molecular formula is C14H25N3. The Labute approximate surface area is 105 Å². The molecule has 1 aliphatic rings. The molecule has 96 valence electrons. The van der Waals surface area contributed by atoms with Gasteiger partial charge in [0.1, 0.15) is 5.82 Å². The van der Waals surface area contributed by atoms with Crippen LogP contribution in [0.2, 0.25) is 0 Å². The first-order valence-corrected chi connectivity index (χ1v) is 6.67. The van der Waals surface area contributed by atoms with Crippen LogP contribution >= 0.6 is 0 Å². The van der Waals surface area contributed by atoms with Crippen molar-refractivity contribution in [2.75, 3.05) is 11.9 Å². The maximum Gasteiger partial charge on any atom is 0.126 e. The van der Waals surface area contributed by atoms with E-state index in [1.807, 2.05) is 32.9 Å². The molecule has 1 aliphatic heterocycles. The molecule has 0 bridgehead atoms. The predicted octanol–water partition coefficient (Wildman–Crippen LogP) is 2.97. The van der Waals surface area contributed by atoms with E-state index in [2.05, 4.69) is 28.6 Å². The molecule has 0 radical (unpaired) electrons. The molecule has 0 spiro atoms. The molecule has 17 heavy (non-hydrogen) atoms. The molecule has 0 aliphatic carbocycles. The van der Waals surface area contributed by atoms with Gasteiger partial charge in [-0.25, -0.2) is 4.98 Å². The fourth-order valence-electron chi connectivity index (χ4n) is 2.10. The Morgan fingerprint density at radius 2 is 2.12 bits per heavy atom. The van der Waals surface area contributed by atoms with Crippen LogP contribution in [0.15, 0.2) is 18.2 Å². The van der Waals surface area contributed by atoms with E-state index in [-0.39, 0.29) is 0 Å². The van der Waals surface area contributed by atoms with Crippen LogP contribution < -0.4 is 10.6 Å². The first kappa shape index (κ1) is 14.0. The topological polar surface area (TPSA) is 37.0 Å². The molecule has 2 heterocycles. The first-order valence-electron chi connectivity index (χ1n) is 6.67. The lowest BCUT2D eigenvalue weighted by molar-refractivity contribution is 0.396. The van der Waals surface area contributed by atoms with Crippen molar-refractivity contribution in [1.29, 1.82) is 0 Å². The van der Waals surface area contributed by atoms with Gasteiger partial charge in [-0.15, -0.1) is 0 Å². The average Bonchev–Trinajstić information content (AvgIpc) is 2.31. The monoisotopic (exact) mass is 235 g/mol. The lowest BCUT2D eigenvalue weighted by atomic mass is 10.0. The molecule has 2 N–H and O–H groups in total. The zero-order valence-corrected chi connectivity index (χ0v) is 11.5. The number of aryl methyl sites for hydroxylation is 1. The van der Waals surface area contributed by atoms with Gasteiger partial charge in [0.25, 0.3) is 0 Å². The Hall–Kier alpha value is -1.09. The first-order chi connectivity index (χ1) is 8.24. The Kier molecular flexibility index (Phi) is 5.98. The lowest BCUT2D eigenvalue weighted by Crippen LogP contribution is -2.41. The van der Waals surface area contributed by atoms with Crippen molar-refractivity contribution in [2.24, 2.45) is 0 Å². The Balaban J connectivity index is 0.000000686. The molecule has 3 nitrogen and oxygen atoms in total. The van der Waals surface area contributed by atoms with E-state index in [0.29, 0.717) is 12.1 Å². The van der Waals surface area contributed by atoms with Gasteiger partial charge in [-0.2, -0.15) is 0 Å². The van der Waals surface area contributed by atoms with Gasteiger partial charge >= 0.3 is 0 Å². The summed E-state index contributed by atoms with van der Waals surface area (Å²) in [5, 5.41) is 6.95. The summed E-state index contributed by atoms with van der Waals surface area (Å²) >= 11 is 0. The average molecular weight is 235 g/mol. The molecule has 3 heteroatoms. The highest BCUT2D eigenvalue weighted by atomic mass is 15.0. The fourth-order valence-corrected chi connectivity index (χ4v) is 2.10. The molecule has 2 atom stereocenters. The zero-order chi connectivity index (χ0) is 12.7. The van der Waals surface area contributed by atoms with Crippen molar-refractivity contribution in [3.63, 3.8) is 0 Å². The van der Waals surface area contributed by atoms with Gasteiger partial charge in [0, 0.05) is 17.8 Å². The number of nitrogens with one attached hydrogen (secondary N) is 2. The van der Waals surface area contributed by atoms with Crippen LogP contribution in [-0.4, -0.2) is 23.6 Å². The maximum atomic E-state index is 4.46. The third-order valence-corrected chi connectivity index (χ3v) is 2.86. The van der Waals surface area contributed by atoms with Gasteiger partial charge in [0.05, 0.1) is 0 Å². The number of hydrogen-bond donors (Lipinski definition) is 2. The molecule has 1 fully saturated rings. The molecule has 1 aromatic heterocycles. The standard InChI is InChI=1S/C12H19N3.C2H6/c1-9-4-3-5-12(14-9)15-11-6-7-13-10(2)8-11;1-2/h3-5,10-11,13H,6-8H2,1-2H3,(H,14,15);1-2H3. The van der Waals surface area contributed by atoms with Gasteiger partial charge in [-0.05, 0) is 45.4 Å². The number of rotatable bonds is 2. The third kappa shape index (κ3) is 4.73. The fraction of sp³-hybridized carbons (Fsp3) is 0.643. The van der Waals surface area contributed by atoms with Gasteiger partial charge in [0.15, 0.2) is 0 Å². The van der Waals surface area contributed by atoms with E-state index in [1.165, 1.54) is 12.8 Å². The van der Waals surface area contributed by atoms with Crippen molar-refractivity contribution >= 4 is 5.82 Å². The number of anilines is 1. The van der Waals surface area contributed by atoms with E-state index in [4.69, 9.17) is 0 Å². The smallest absolute Gasteiger partial charge is 0.126 e. The largest absolute Gasteiger partial charge is 0.367 e. The quantitative estimate of drug-likeness (QED) is 0.827. The zero-order valence-electron chi connectivity index (χ0n) is 11.5. The SMILES string of the molecule is CC.Cc1cccc(NC2CCNC(C)C2)n1. The molecule has 0 saturated carbocycles. The molecule has 0 aromatic carbocycles. The van der Waals surface area contributed by atoms with Crippen molar-refractivity contribution in [2.45, 2.75) is 52.6 Å². The van der Waals surface area contributed by atoms with Crippen molar-refractivity contribution in [3.05, 3.63) is 23.9 Å². The van der Waals surface area contributed by atoms with Crippen molar-refractivity contribution < 1.29 is 0 Å². The molecule has 2 rings (SSSR count). The highest BCUT2D eigenvalue weighted by molar-refractivity contribution is 5.36. The van der Waals surface area contributed by atoms with Gasteiger partial charge < -0.3 is 10.6 Å². The summed E-state index contributed by atoms with van der Waals surface area (Å²) < 4.78 is 0. The van der Waals surface area contributed by atoms with E-state index in [0.717, 1.165) is 18.1 Å². The predicted molar refractivity (Wildman–Crippen MR) is 74.4 cm³/mol. The summed E-state index contributed by atoms with van der Waals surface area (Å²) in [6.45, 7) is 9.36. The van der Waals surface area contributed by atoms with E-state index < -0.39 is 0 Å². The second kappa shape index (κ2) is 7.28. The Bertz CT molecular complexity index is 325. The number of piperidine rings is 1. The Morgan fingerprint density at radius 1 is 1.35 bits per heavy atom. The molecule has 0 amide bonds. The van der Waals surface area contributed by atoms with Crippen LogP contribution in [0.4, 0.5) is 5.82 Å². The Morgan fingerprint density at radius 3 is 2.76 bits per heavy atom. The van der Waals surface area contributed by atoms with E-state index in [1.54, 1.807) is 0 Å². The number of pyridine rings is 1.